The monoisotopic (exact) mass is 259 g/mol. The Hall–Kier alpha value is -1.14. The van der Waals surface area contributed by atoms with Crippen LogP contribution in [0.1, 0.15) is 27.2 Å². The lowest BCUT2D eigenvalue weighted by atomic mass is 9.89. The molecule has 1 heterocycles. The molecule has 0 saturated carbocycles. The molecule has 0 bridgehead atoms. The first kappa shape index (κ1) is 14.9. The standard InChI is InChI=1S/C12H21NO5/c1-12(2,3)18-7-5-8(11(16)17-4)9(10(14)15)13-6-7/h7-9,13H,5-6H2,1-4H3,(H,14,15)/t7-,8-,9-/m0/s1. The molecule has 6 heteroatoms. The van der Waals surface area contributed by atoms with Crippen molar-refractivity contribution in [2.75, 3.05) is 13.7 Å². The van der Waals surface area contributed by atoms with Gasteiger partial charge in [0.05, 0.1) is 24.7 Å². The number of carbonyl (C=O) groups excluding carboxylic acids is 1. The number of hydrogen-bond acceptors (Lipinski definition) is 5. The number of methoxy groups -OCH3 is 1. The van der Waals surface area contributed by atoms with Crippen LogP contribution in [0.2, 0.25) is 0 Å². The SMILES string of the molecule is COC(=O)[C@H]1C[C@H](OC(C)(C)C)CN[C@@H]1C(=O)O. The highest BCUT2D eigenvalue weighted by atomic mass is 16.5. The number of carbonyl (C=O) groups is 2. The van der Waals surface area contributed by atoms with E-state index in [0.29, 0.717) is 13.0 Å². The van der Waals surface area contributed by atoms with Gasteiger partial charge < -0.3 is 19.9 Å². The lowest BCUT2D eigenvalue weighted by Crippen LogP contribution is -2.55. The van der Waals surface area contributed by atoms with E-state index >= 15 is 0 Å². The van der Waals surface area contributed by atoms with E-state index in [9.17, 15) is 9.59 Å². The van der Waals surface area contributed by atoms with Gasteiger partial charge in [0.1, 0.15) is 6.04 Å². The van der Waals surface area contributed by atoms with E-state index in [1.807, 2.05) is 20.8 Å². The Labute approximate surface area is 107 Å². The summed E-state index contributed by atoms with van der Waals surface area (Å²) in [5, 5.41) is 11.9. The molecule has 6 nitrogen and oxygen atoms in total. The number of rotatable bonds is 3. The van der Waals surface area contributed by atoms with Crippen LogP contribution in [0.4, 0.5) is 0 Å². The molecule has 1 fully saturated rings. The summed E-state index contributed by atoms with van der Waals surface area (Å²) in [7, 11) is 1.26. The van der Waals surface area contributed by atoms with Gasteiger partial charge >= 0.3 is 11.9 Å². The minimum atomic E-state index is -1.04. The number of ether oxygens (including phenoxy) is 2. The highest BCUT2D eigenvalue weighted by molar-refractivity contribution is 5.83. The molecule has 0 unspecified atom stereocenters. The Morgan fingerprint density at radius 3 is 2.39 bits per heavy atom. The number of carboxylic acid groups (broad SMARTS) is 1. The third-order valence-corrected chi connectivity index (χ3v) is 2.77. The van der Waals surface area contributed by atoms with Gasteiger partial charge in [-0.05, 0) is 27.2 Å². The smallest absolute Gasteiger partial charge is 0.321 e. The Balaban J connectivity index is 2.73. The molecule has 1 rings (SSSR count). The van der Waals surface area contributed by atoms with Crippen molar-refractivity contribution in [3.63, 3.8) is 0 Å². The summed E-state index contributed by atoms with van der Waals surface area (Å²) in [5.74, 6) is -2.27. The molecule has 0 aromatic heterocycles. The van der Waals surface area contributed by atoms with Crippen molar-refractivity contribution in [1.29, 1.82) is 0 Å². The second-order valence-corrected chi connectivity index (χ2v) is 5.44. The summed E-state index contributed by atoms with van der Waals surface area (Å²) in [4.78, 5) is 22.7. The fourth-order valence-corrected chi connectivity index (χ4v) is 2.14. The van der Waals surface area contributed by atoms with Crippen molar-refractivity contribution >= 4 is 11.9 Å². The lowest BCUT2D eigenvalue weighted by molar-refractivity contribution is -0.159. The van der Waals surface area contributed by atoms with E-state index < -0.39 is 23.9 Å². The van der Waals surface area contributed by atoms with Gasteiger partial charge in [0, 0.05) is 6.54 Å². The largest absolute Gasteiger partial charge is 0.480 e. The summed E-state index contributed by atoms with van der Waals surface area (Å²) in [6.45, 7) is 6.18. The van der Waals surface area contributed by atoms with Crippen LogP contribution in [0.3, 0.4) is 0 Å². The number of piperidine rings is 1. The predicted molar refractivity (Wildman–Crippen MR) is 64.2 cm³/mol. The second kappa shape index (κ2) is 5.67. The van der Waals surface area contributed by atoms with E-state index in [1.54, 1.807) is 0 Å². The van der Waals surface area contributed by atoms with Crippen molar-refractivity contribution in [3.05, 3.63) is 0 Å². The molecule has 3 atom stereocenters. The molecular weight excluding hydrogens is 238 g/mol. The molecular formula is C12H21NO5. The Morgan fingerprint density at radius 1 is 1.33 bits per heavy atom. The minimum Gasteiger partial charge on any atom is -0.480 e. The topological polar surface area (TPSA) is 84.9 Å². The number of hydrogen-bond donors (Lipinski definition) is 2. The molecule has 0 amide bonds. The molecule has 1 aliphatic heterocycles. The fraction of sp³-hybridized carbons (Fsp3) is 0.833. The first-order valence-corrected chi connectivity index (χ1v) is 5.96. The molecule has 0 radical (unpaired) electrons. The van der Waals surface area contributed by atoms with E-state index in [-0.39, 0.29) is 11.7 Å². The molecule has 0 spiro atoms. The maximum Gasteiger partial charge on any atom is 0.321 e. The van der Waals surface area contributed by atoms with Gasteiger partial charge in [0.15, 0.2) is 0 Å². The summed E-state index contributed by atoms with van der Waals surface area (Å²) in [5.41, 5.74) is -0.330. The molecule has 0 aromatic rings. The normalized spacial score (nSPS) is 28.8. The second-order valence-electron chi connectivity index (χ2n) is 5.44. The van der Waals surface area contributed by atoms with Crippen molar-refractivity contribution in [2.45, 2.75) is 44.9 Å². The lowest BCUT2D eigenvalue weighted by Gasteiger charge is -2.36. The van der Waals surface area contributed by atoms with Crippen molar-refractivity contribution in [1.82, 2.24) is 5.32 Å². The van der Waals surface area contributed by atoms with Crippen LogP contribution >= 0.6 is 0 Å². The molecule has 18 heavy (non-hydrogen) atoms. The number of esters is 1. The summed E-state index contributed by atoms with van der Waals surface area (Å²) >= 11 is 0. The van der Waals surface area contributed by atoms with Crippen LogP contribution in [0, 0.1) is 5.92 Å². The van der Waals surface area contributed by atoms with Crippen LogP contribution in [0.15, 0.2) is 0 Å². The van der Waals surface area contributed by atoms with E-state index in [2.05, 4.69) is 10.1 Å². The predicted octanol–water partition coefficient (Wildman–Crippen LogP) is 0.406. The zero-order chi connectivity index (χ0) is 13.9. The molecule has 104 valence electrons. The van der Waals surface area contributed by atoms with Gasteiger partial charge in [-0.3, -0.25) is 9.59 Å². The van der Waals surface area contributed by atoms with Gasteiger partial charge in [0.25, 0.3) is 0 Å². The van der Waals surface area contributed by atoms with Gasteiger partial charge in [0.2, 0.25) is 0 Å². The summed E-state index contributed by atoms with van der Waals surface area (Å²) in [6.07, 6.45) is 0.165. The maximum atomic E-state index is 11.6. The minimum absolute atomic E-state index is 0.190. The Kier molecular flexibility index (Phi) is 4.70. The van der Waals surface area contributed by atoms with Gasteiger partial charge in [-0.25, -0.2) is 0 Å². The van der Waals surface area contributed by atoms with Gasteiger partial charge in [-0.15, -0.1) is 0 Å². The molecule has 0 aromatic carbocycles. The molecule has 1 aliphatic rings. The molecule has 1 saturated heterocycles. The molecule has 0 aliphatic carbocycles. The van der Waals surface area contributed by atoms with E-state index in [0.717, 1.165) is 0 Å². The highest BCUT2D eigenvalue weighted by Gasteiger charge is 2.41. The van der Waals surface area contributed by atoms with Crippen LogP contribution in [-0.4, -0.2) is 48.4 Å². The Bertz CT molecular complexity index is 323. The van der Waals surface area contributed by atoms with Gasteiger partial charge in [-0.1, -0.05) is 0 Å². The van der Waals surface area contributed by atoms with Crippen LogP contribution < -0.4 is 5.32 Å². The first-order chi connectivity index (χ1) is 8.24. The average Bonchev–Trinajstić information content (AvgIpc) is 2.25. The Morgan fingerprint density at radius 2 is 1.94 bits per heavy atom. The van der Waals surface area contributed by atoms with Gasteiger partial charge in [-0.2, -0.15) is 0 Å². The van der Waals surface area contributed by atoms with Crippen molar-refractivity contribution < 1.29 is 24.2 Å². The van der Waals surface area contributed by atoms with Crippen LogP contribution in [-0.2, 0) is 19.1 Å². The maximum absolute atomic E-state index is 11.6. The highest BCUT2D eigenvalue weighted by Crippen LogP contribution is 2.24. The quantitative estimate of drug-likeness (QED) is 0.714. The number of nitrogens with one attached hydrogen (secondary N) is 1. The summed E-state index contributed by atoms with van der Waals surface area (Å²) in [6, 6.07) is -0.905. The fourth-order valence-electron chi connectivity index (χ4n) is 2.14. The zero-order valence-corrected chi connectivity index (χ0v) is 11.2. The van der Waals surface area contributed by atoms with E-state index in [4.69, 9.17) is 9.84 Å². The van der Waals surface area contributed by atoms with Crippen LogP contribution in [0.25, 0.3) is 0 Å². The zero-order valence-electron chi connectivity index (χ0n) is 11.2. The van der Waals surface area contributed by atoms with Crippen molar-refractivity contribution in [3.8, 4) is 0 Å². The first-order valence-electron chi connectivity index (χ1n) is 5.96. The summed E-state index contributed by atoms with van der Waals surface area (Å²) < 4.78 is 10.4. The van der Waals surface area contributed by atoms with Crippen LogP contribution in [0.5, 0.6) is 0 Å². The number of carboxylic acids is 1. The van der Waals surface area contributed by atoms with E-state index in [1.165, 1.54) is 7.11 Å². The average molecular weight is 259 g/mol. The van der Waals surface area contributed by atoms with Crippen molar-refractivity contribution in [2.24, 2.45) is 5.92 Å². The third-order valence-electron chi connectivity index (χ3n) is 2.77. The number of aliphatic carboxylic acids is 1. The molecule has 2 N–H and O–H groups in total. The third kappa shape index (κ3) is 3.96.